The molecule has 0 N–H and O–H groups in total. The maximum absolute atomic E-state index is 14.4. The molecular formula is C30H34F4O. The summed E-state index contributed by atoms with van der Waals surface area (Å²) in [5.74, 6) is -0.205. The molecule has 35 heavy (non-hydrogen) atoms. The van der Waals surface area contributed by atoms with Crippen LogP contribution in [0.5, 0.6) is 5.75 Å². The Kier molecular flexibility index (Phi) is 8.35. The van der Waals surface area contributed by atoms with Crippen LogP contribution in [-0.4, -0.2) is 6.36 Å². The Labute approximate surface area is 205 Å². The lowest BCUT2D eigenvalue weighted by Crippen LogP contribution is -2.18. The molecule has 0 aliphatic heterocycles. The average Bonchev–Trinajstić information content (AvgIpc) is 2.85. The van der Waals surface area contributed by atoms with Crippen molar-refractivity contribution in [3.05, 3.63) is 77.1 Å². The Balaban J connectivity index is 1.32. The first kappa shape index (κ1) is 25.5. The van der Waals surface area contributed by atoms with Crippen LogP contribution in [0.3, 0.4) is 0 Å². The SMILES string of the molecule is CCCCC[C@H]1CC[C@H](c2ccc(CCc3ccc4c(F)c(OC(F)(F)F)ccc4c3)cc2)CC1. The van der Waals surface area contributed by atoms with Crippen LogP contribution in [0.15, 0.2) is 54.6 Å². The topological polar surface area (TPSA) is 9.23 Å². The van der Waals surface area contributed by atoms with Crippen LogP contribution in [0.4, 0.5) is 17.6 Å². The summed E-state index contributed by atoms with van der Waals surface area (Å²) in [7, 11) is 0. The maximum atomic E-state index is 14.4. The van der Waals surface area contributed by atoms with Gasteiger partial charge in [-0.25, -0.2) is 4.39 Å². The van der Waals surface area contributed by atoms with Gasteiger partial charge in [0.15, 0.2) is 11.6 Å². The number of hydrogen-bond acceptors (Lipinski definition) is 1. The van der Waals surface area contributed by atoms with Gasteiger partial charge in [0.05, 0.1) is 0 Å². The number of rotatable bonds is 9. The lowest BCUT2D eigenvalue weighted by Gasteiger charge is -2.29. The summed E-state index contributed by atoms with van der Waals surface area (Å²) in [5, 5.41) is 0.690. The third-order valence-electron chi connectivity index (χ3n) is 7.42. The Hall–Kier alpha value is -2.56. The minimum atomic E-state index is -4.92. The second-order valence-electron chi connectivity index (χ2n) is 9.94. The van der Waals surface area contributed by atoms with E-state index in [0.29, 0.717) is 11.3 Å². The van der Waals surface area contributed by atoms with Crippen molar-refractivity contribution in [3.63, 3.8) is 0 Å². The Morgan fingerprint density at radius 3 is 2.20 bits per heavy atom. The van der Waals surface area contributed by atoms with Gasteiger partial charge in [-0.3, -0.25) is 0 Å². The van der Waals surface area contributed by atoms with Crippen LogP contribution in [0.1, 0.15) is 80.9 Å². The van der Waals surface area contributed by atoms with Gasteiger partial charge in [-0.15, -0.1) is 13.2 Å². The highest BCUT2D eigenvalue weighted by molar-refractivity contribution is 5.85. The molecule has 3 aromatic carbocycles. The summed E-state index contributed by atoms with van der Waals surface area (Å²) in [5.41, 5.74) is 3.72. The minimum absolute atomic E-state index is 0.125. The molecule has 4 rings (SSSR count). The predicted molar refractivity (Wildman–Crippen MR) is 133 cm³/mol. The third-order valence-corrected chi connectivity index (χ3v) is 7.42. The number of benzene rings is 3. The molecule has 5 heteroatoms. The molecule has 0 unspecified atom stereocenters. The van der Waals surface area contributed by atoms with Gasteiger partial charge in [-0.2, -0.15) is 0 Å². The Morgan fingerprint density at radius 1 is 0.829 bits per heavy atom. The molecule has 1 saturated carbocycles. The van der Waals surface area contributed by atoms with Crippen molar-refractivity contribution < 1.29 is 22.3 Å². The molecule has 188 valence electrons. The summed E-state index contributed by atoms with van der Waals surface area (Å²) >= 11 is 0. The number of unbranched alkanes of at least 4 members (excludes halogenated alkanes) is 2. The van der Waals surface area contributed by atoms with Crippen molar-refractivity contribution in [1.29, 1.82) is 0 Å². The lowest BCUT2D eigenvalue weighted by atomic mass is 9.77. The normalized spacial score (nSPS) is 18.7. The predicted octanol–water partition coefficient (Wildman–Crippen LogP) is 9.52. The second kappa shape index (κ2) is 11.5. The van der Waals surface area contributed by atoms with Crippen molar-refractivity contribution in [2.75, 3.05) is 0 Å². The fourth-order valence-corrected chi connectivity index (χ4v) is 5.39. The highest BCUT2D eigenvalue weighted by atomic mass is 19.4. The molecule has 3 aromatic rings. The van der Waals surface area contributed by atoms with E-state index in [1.165, 1.54) is 74.6 Å². The van der Waals surface area contributed by atoms with Crippen LogP contribution < -0.4 is 4.74 Å². The highest BCUT2D eigenvalue weighted by Crippen LogP contribution is 2.38. The number of aryl methyl sites for hydroxylation is 2. The van der Waals surface area contributed by atoms with E-state index in [1.807, 2.05) is 6.07 Å². The standard InChI is InChI=1S/C30H34F4O/c1-2-3-4-5-21-8-13-24(14-9-21)25-15-10-22(11-16-25)6-7-23-12-18-27-26(20-23)17-19-28(29(27)31)35-30(32,33)34/h10-12,15-21,24H,2-9,13-14H2,1H3/t21-,24-. The summed E-state index contributed by atoms with van der Waals surface area (Å²) in [6.07, 6.45) is 7.41. The fraction of sp³-hybridized carbons (Fsp3) is 0.467. The van der Waals surface area contributed by atoms with E-state index in [-0.39, 0.29) is 5.39 Å². The zero-order valence-corrected chi connectivity index (χ0v) is 20.3. The van der Waals surface area contributed by atoms with Crippen molar-refractivity contribution in [2.24, 2.45) is 5.92 Å². The molecule has 0 heterocycles. The number of hydrogen-bond donors (Lipinski definition) is 0. The molecule has 0 radical (unpaired) electrons. The first-order valence-corrected chi connectivity index (χ1v) is 12.9. The van der Waals surface area contributed by atoms with Crippen molar-refractivity contribution in [3.8, 4) is 5.75 Å². The zero-order valence-electron chi connectivity index (χ0n) is 20.3. The summed E-state index contributed by atoms with van der Waals surface area (Å²) in [6, 6.07) is 16.6. The number of alkyl halides is 3. The largest absolute Gasteiger partial charge is 0.573 e. The van der Waals surface area contributed by atoms with Gasteiger partial charge in [-0.1, -0.05) is 81.1 Å². The van der Waals surface area contributed by atoms with Gasteiger partial charge in [0.25, 0.3) is 0 Å². The van der Waals surface area contributed by atoms with Crippen LogP contribution >= 0.6 is 0 Å². The van der Waals surface area contributed by atoms with E-state index >= 15 is 0 Å². The van der Waals surface area contributed by atoms with Crippen LogP contribution in [0, 0.1) is 11.7 Å². The van der Waals surface area contributed by atoms with Crippen molar-refractivity contribution in [2.45, 2.75) is 83.4 Å². The van der Waals surface area contributed by atoms with Crippen molar-refractivity contribution >= 4 is 10.8 Å². The van der Waals surface area contributed by atoms with E-state index in [9.17, 15) is 17.6 Å². The van der Waals surface area contributed by atoms with E-state index < -0.39 is 17.9 Å². The molecule has 1 aliphatic carbocycles. The van der Waals surface area contributed by atoms with Gasteiger partial charge in [0, 0.05) is 5.39 Å². The molecular weight excluding hydrogens is 452 g/mol. The number of ether oxygens (including phenoxy) is 1. The Bertz CT molecular complexity index is 1100. The molecule has 1 fully saturated rings. The molecule has 0 atom stereocenters. The van der Waals surface area contributed by atoms with Gasteiger partial charge in [-0.05, 0) is 78.5 Å². The highest BCUT2D eigenvalue weighted by Gasteiger charge is 2.32. The average molecular weight is 487 g/mol. The third kappa shape index (κ3) is 6.99. The number of halogens is 4. The van der Waals surface area contributed by atoms with Crippen LogP contribution in [0.2, 0.25) is 0 Å². The first-order valence-electron chi connectivity index (χ1n) is 12.9. The summed E-state index contributed by atoms with van der Waals surface area (Å²) in [4.78, 5) is 0. The number of fused-ring (bicyclic) bond motifs is 1. The molecule has 1 nitrogen and oxygen atoms in total. The van der Waals surface area contributed by atoms with Gasteiger partial charge < -0.3 is 4.74 Å². The molecule has 1 aliphatic rings. The summed E-state index contributed by atoms with van der Waals surface area (Å²) < 4.78 is 55.6. The van der Waals surface area contributed by atoms with E-state index in [0.717, 1.165) is 30.4 Å². The summed E-state index contributed by atoms with van der Waals surface area (Å²) in [6.45, 7) is 2.26. The molecule has 0 saturated heterocycles. The van der Waals surface area contributed by atoms with Crippen LogP contribution in [0.25, 0.3) is 10.8 Å². The monoisotopic (exact) mass is 486 g/mol. The van der Waals surface area contributed by atoms with Gasteiger partial charge in [0.2, 0.25) is 0 Å². The smallest absolute Gasteiger partial charge is 0.403 e. The molecule has 0 bridgehead atoms. The lowest BCUT2D eigenvalue weighted by molar-refractivity contribution is -0.275. The quantitative estimate of drug-likeness (QED) is 0.216. The first-order chi connectivity index (χ1) is 16.8. The van der Waals surface area contributed by atoms with Gasteiger partial charge in [0.1, 0.15) is 0 Å². The van der Waals surface area contributed by atoms with E-state index in [2.05, 4.69) is 35.9 Å². The minimum Gasteiger partial charge on any atom is -0.403 e. The second-order valence-corrected chi connectivity index (χ2v) is 9.94. The van der Waals surface area contributed by atoms with E-state index in [4.69, 9.17) is 0 Å². The molecule has 0 aromatic heterocycles. The van der Waals surface area contributed by atoms with E-state index in [1.54, 1.807) is 6.07 Å². The molecule has 0 amide bonds. The van der Waals surface area contributed by atoms with Gasteiger partial charge >= 0.3 is 6.36 Å². The molecule has 0 spiro atoms. The zero-order chi connectivity index (χ0) is 24.8. The maximum Gasteiger partial charge on any atom is 0.573 e. The fourth-order valence-electron chi connectivity index (χ4n) is 5.39. The van der Waals surface area contributed by atoms with Crippen molar-refractivity contribution in [1.82, 2.24) is 0 Å². The van der Waals surface area contributed by atoms with Crippen LogP contribution in [-0.2, 0) is 12.8 Å². The Morgan fingerprint density at radius 2 is 1.51 bits per heavy atom.